The Morgan fingerprint density at radius 3 is 1.10 bits per heavy atom. The summed E-state index contributed by atoms with van der Waals surface area (Å²) in [4.78, 5) is 0. The van der Waals surface area contributed by atoms with Gasteiger partial charge in [0.1, 0.15) is 0 Å². The Kier molecular flexibility index (Phi) is 20.4. The molecule has 2 saturated carbocycles. The van der Waals surface area contributed by atoms with Crippen LogP contribution >= 0.6 is 17.0 Å². The molecule has 2 radical (unpaired) electrons. The van der Waals surface area contributed by atoms with Crippen molar-refractivity contribution < 1.29 is 73.5 Å². The first-order valence-corrected chi connectivity index (χ1v) is 30.7. The number of halogens is 14. The topological polar surface area (TPSA) is 0 Å². The number of hydrogen-bond acceptors (Lipinski definition) is 0. The van der Waals surface area contributed by atoms with E-state index in [4.69, 9.17) is 17.0 Å². The van der Waals surface area contributed by atoms with E-state index in [0.29, 0.717) is 33.7 Å². The van der Waals surface area contributed by atoms with Crippen LogP contribution in [0.3, 0.4) is 0 Å². The first-order valence-electron chi connectivity index (χ1n) is 22.6. The number of hydrogen-bond donors (Lipinski definition) is 0. The molecule has 0 atom stereocenters. The summed E-state index contributed by atoms with van der Waals surface area (Å²) in [5, 5.41) is 3.06. The van der Waals surface area contributed by atoms with Crippen molar-refractivity contribution in [3.63, 3.8) is 0 Å². The van der Waals surface area contributed by atoms with Crippen molar-refractivity contribution in [1.29, 1.82) is 0 Å². The van der Waals surface area contributed by atoms with Gasteiger partial charge in [0.15, 0.2) is 0 Å². The van der Waals surface area contributed by atoms with Crippen LogP contribution in [0.4, 0.5) is 52.7 Å². The molecule has 2 fully saturated rings. The summed E-state index contributed by atoms with van der Waals surface area (Å²) in [6, 6.07) is 23.0. The molecule has 16 heteroatoms. The van der Waals surface area contributed by atoms with Gasteiger partial charge in [-0.05, 0) is 72.2 Å². The fourth-order valence-corrected chi connectivity index (χ4v) is 9.75. The Morgan fingerprint density at radius 2 is 0.838 bits per heavy atom. The second-order valence-corrected chi connectivity index (χ2v) is 22.5. The molecule has 2 aliphatic carbocycles. The Balaban J connectivity index is 0.000000220. The second-order valence-electron chi connectivity index (χ2n) is 17.5. The summed E-state index contributed by atoms with van der Waals surface area (Å²) < 4.78 is 159. The summed E-state index contributed by atoms with van der Waals surface area (Å²) in [7, 11) is 11.0. The number of alkyl halides is 12. The van der Waals surface area contributed by atoms with Gasteiger partial charge >= 0.3 is 62.6 Å². The maximum absolute atomic E-state index is 13.3. The summed E-state index contributed by atoms with van der Waals surface area (Å²) in [5.74, 6) is 1.17. The molecule has 0 N–H and O–H groups in total. The SMILES string of the molecule is CCC[Si]C.FC(F)(F)c1cc(-c2cccc3[cH-]c(CC4CCCCC4)cc23)cc(C(F)(F)F)c1.FC(F)(F)c1cc(-c2cccc3[cH-]c(CC4CCCCC4)cc23)cc(C(F)(F)F)c1.[Cl][Zr+2][Cl]. The van der Waals surface area contributed by atoms with Crippen LogP contribution < -0.4 is 0 Å². The van der Waals surface area contributed by atoms with Gasteiger partial charge in [0, 0.05) is 9.52 Å². The van der Waals surface area contributed by atoms with Crippen LogP contribution in [0, 0.1) is 11.8 Å². The molecular weight excluding hydrogens is 1040 g/mol. The molecule has 0 nitrogen and oxygen atoms in total. The average molecular weight is 1100 g/mol. The molecule has 6 aromatic rings. The van der Waals surface area contributed by atoms with Crippen LogP contribution in [0.2, 0.25) is 12.6 Å². The Labute approximate surface area is 411 Å². The molecule has 366 valence electrons. The summed E-state index contributed by atoms with van der Waals surface area (Å²) >= 11 is -0.826. The van der Waals surface area contributed by atoms with Crippen molar-refractivity contribution in [2.24, 2.45) is 11.8 Å². The average Bonchev–Trinajstić information content (AvgIpc) is 3.90. The van der Waals surface area contributed by atoms with E-state index in [1.807, 2.05) is 36.4 Å². The normalized spacial score (nSPS) is 15.2. The molecule has 0 amide bonds. The third-order valence-electron chi connectivity index (χ3n) is 12.4. The van der Waals surface area contributed by atoms with Crippen molar-refractivity contribution in [3.05, 3.63) is 130 Å². The third-order valence-corrected chi connectivity index (χ3v) is 13.4. The Morgan fingerprint density at radius 1 is 0.515 bits per heavy atom. The third kappa shape index (κ3) is 16.0. The van der Waals surface area contributed by atoms with E-state index in [1.165, 1.54) is 51.0 Å². The summed E-state index contributed by atoms with van der Waals surface area (Å²) in [5.41, 5.74) is -2.36. The standard InChI is InChI=1S/2C24H21F6.C4H10Si.2ClH.Zr/c2*25-23(26,27)19-12-18(13-20(14-19)24(28,29)30)21-8-4-7-17-10-16(11-22(17)21)9-15-5-2-1-3-6-15;1-3-4-5-2;;;/h2*4,7-8,10-15H,1-3,5-6,9H2;3-4H2,1-2H3;2*1H;/q2*-1;;;;+4/p-2. The summed E-state index contributed by atoms with van der Waals surface area (Å²) in [6.45, 7) is 4.46. The monoisotopic (exact) mass is 1090 g/mol. The predicted molar refractivity (Wildman–Crippen MR) is 249 cm³/mol. The zero-order valence-corrected chi connectivity index (χ0v) is 42.6. The fourth-order valence-electron chi connectivity index (χ4n) is 9.25. The first-order chi connectivity index (χ1) is 32.0. The van der Waals surface area contributed by atoms with Gasteiger partial charge in [-0.2, -0.15) is 64.8 Å². The fraction of sp³-hybridized carbons (Fsp3) is 0.423. The molecular formula is C52H52Cl2F12SiZr. The molecule has 8 rings (SSSR count). The number of rotatable bonds is 8. The Hall–Kier alpha value is -3.06. The van der Waals surface area contributed by atoms with E-state index in [9.17, 15) is 52.7 Å². The molecule has 0 spiro atoms. The number of fused-ring (bicyclic) bond motifs is 2. The molecule has 6 aromatic carbocycles. The Bertz CT molecular complexity index is 2270. The van der Waals surface area contributed by atoms with Crippen molar-refractivity contribution >= 4 is 48.1 Å². The zero-order chi connectivity index (χ0) is 49.9. The van der Waals surface area contributed by atoms with Crippen molar-refractivity contribution in [1.82, 2.24) is 0 Å². The van der Waals surface area contributed by atoms with Gasteiger partial charge in [-0.3, -0.25) is 0 Å². The minimum absolute atomic E-state index is 0.0717. The molecule has 0 aliphatic heterocycles. The molecule has 0 bridgehead atoms. The first kappa shape index (κ1) is 55.9. The van der Waals surface area contributed by atoms with Crippen LogP contribution in [0.15, 0.2) is 97.1 Å². The van der Waals surface area contributed by atoms with E-state index < -0.39 is 67.8 Å². The van der Waals surface area contributed by atoms with Gasteiger partial charge in [0.2, 0.25) is 0 Å². The van der Waals surface area contributed by atoms with E-state index in [0.717, 1.165) is 94.2 Å². The van der Waals surface area contributed by atoms with Crippen LogP contribution in [0.1, 0.15) is 111 Å². The molecule has 68 heavy (non-hydrogen) atoms. The quantitative estimate of drug-likeness (QED) is 0.0809. The zero-order valence-electron chi connectivity index (χ0n) is 37.6. The van der Waals surface area contributed by atoms with Crippen LogP contribution in [-0.4, -0.2) is 9.52 Å². The second kappa shape index (κ2) is 24.9. The van der Waals surface area contributed by atoms with Gasteiger partial charge in [0.05, 0.1) is 22.3 Å². The molecule has 2 aliphatic rings. The van der Waals surface area contributed by atoms with Gasteiger partial charge in [0.25, 0.3) is 0 Å². The number of benzene rings is 4. The molecule has 0 aromatic heterocycles. The van der Waals surface area contributed by atoms with Crippen molar-refractivity contribution in [2.75, 3.05) is 0 Å². The summed E-state index contributed by atoms with van der Waals surface area (Å²) in [6.07, 6.45) is -4.30. The van der Waals surface area contributed by atoms with Gasteiger partial charge in [-0.1, -0.05) is 113 Å². The maximum atomic E-state index is 13.3. The molecule has 0 saturated heterocycles. The van der Waals surface area contributed by atoms with Gasteiger partial charge in [-0.25, -0.2) is 0 Å². The van der Waals surface area contributed by atoms with Crippen LogP contribution in [0.25, 0.3) is 43.8 Å². The van der Waals surface area contributed by atoms with E-state index >= 15 is 0 Å². The van der Waals surface area contributed by atoms with E-state index in [2.05, 4.69) is 13.5 Å². The van der Waals surface area contributed by atoms with Gasteiger partial charge in [-0.15, -0.1) is 69.1 Å². The minimum atomic E-state index is -4.86. The van der Waals surface area contributed by atoms with Crippen LogP contribution in [0.5, 0.6) is 0 Å². The van der Waals surface area contributed by atoms with Crippen molar-refractivity contribution in [2.45, 2.75) is 128 Å². The van der Waals surface area contributed by atoms with E-state index in [-0.39, 0.29) is 23.3 Å². The molecule has 0 unspecified atom stereocenters. The van der Waals surface area contributed by atoms with Gasteiger partial charge < -0.3 is 0 Å². The molecule has 0 heterocycles. The van der Waals surface area contributed by atoms with Crippen molar-refractivity contribution in [3.8, 4) is 22.3 Å². The van der Waals surface area contributed by atoms with Crippen LogP contribution in [-0.2, 0) is 58.4 Å². The van der Waals surface area contributed by atoms with E-state index in [1.54, 1.807) is 24.3 Å². The predicted octanol–water partition coefficient (Wildman–Crippen LogP) is 19.7.